The molecule has 66 valence electrons. The maximum Gasteiger partial charge on any atom is 0.132 e. The van der Waals surface area contributed by atoms with Gasteiger partial charge in [-0.05, 0) is 12.1 Å². The number of nitrogens with zero attached hydrogens (tertiary/aromatic N) is 1. The molecule has 0 fully saturated rings. The van der Waals surface area contributed by atoms with E-state index in [0.717, 1.165) is 0 Å². The summed E-state index contributed by atoms with van der Waals surface area (Å²) in [5.74, 6) is -0.366. The molecular weight excluding hydrogens is 167 g/mol. The fourth-order valence-corrected chi connectivity index (χ4v) is 0.959. The summed E-state index contributed by atoms with van der Waals surface area (Å²) in [6.45, 7) is 0. The second kappa shape index (κ2) is 4.27. The van der Waals surface area contributed by atoms with Crippen LogP contribution in [0.25, 0.3) is 6.08 Å². The summed E-state index contributed by atoms with van der Waals surface area (Å²) in [7, 11) is 0. The van der Waals surface area contributed by atoms with Crippen LogP contribution in [0.4, 0.5) is 10.1 Å². The van der Waals surface area contributed by atoms with Crippen molar-refractivity contribution in [1.82, 2.24) is 0 Å². The van der Waals surface area contributed by atoms with Gasteiger partial charge in [0.2, 0.25) is 0 Å². The Labute approximate surface area is 76.1 Å². The number of anilines is 1. The van der Waals surface area contributed by atoms with Gasteiger partial charge < -0.3 is 5.73 Å². The molecule has 0 aliphatic heterocycles. The van der Waals surface area contributed by atoms with Crippen molar-refractivity contribution in [3.8, 4) is 6.07 Å². The lowest BCUT2D eigenvalue weighted by Crippen LogP contribution is -1.91. The van der Waals surface area contributed by atoms with E-state index < -0.39 is 0 Å². The maximum atomic E-state index is 13.1. The lowest BCUT2D eigenvalue weighted by atomic mass is 10.1. The van der Waals surface area contributed by atoms with Gasteiger partial charge in [0.25, 0.3) is 0 Å². The molecule has 3 heteroatoms. The summed E-state index contributed by atoms with van der Waals surface area (Å²) in [5.41, 5.74) is 6.26. The summed E-state index contributed by atoms with van der Waals surface area (Å²) >= 11 is 0. The molecular formula is C10H9FN2. The van der Waals surface area contributed by atoms with Crippen molar-refractivity contribution in [3.63, 3.8) is 0 Å². The Bertz CT molecular complexity index is 343. The summed E-state index contributed by atoms with van der Waals surface area (Å²) in [4.78, 5) is 0. The smallest absolute Gasteiger partial charge is 0.132 e. The molecule has 13 heavy (non-hydrogen) atoms. The first kappa shape index (κ1) is 9.27. The number of allylic oxidation sites excluding steroid dienone is 1. The van der Waals surface area contributed by atoms with Crippen LogP contribution in [0.15, 0.2) is 24.3 Å². The zero-order valence-corrected chi connectivity index (χ0v) is 7.00. The summed E-state index contributed by atoms with van der Waals surface area (Å²) in [6.07, 6.45) is 3.36. The van der Waals surface area contributed by atoms with Crippen molar-refractivity contribution >= 4 is 11.8 Å². The van der Waals surface area contributed by atoms with Crippen LogP contribution in [0.3, 0.4) is 0 Å². The van der Waals surface area contributed by atoms with E-state index in [1.807, 2.05) is 6.07 Å². The quantitative estimate of drug-likeness (QED) is 0.703. The van der Waals surface area contributed by atoms with Crippen LogP contribution < -0.4 is 5.73 Å². The van der Waals surface area contributed by atoms with Gasteiger partial charge in [0, 0.05) is 11.3 Å². The largest absolute Gasteiger partial charge is 0.398 e. The molecule has 0 unspecified atom stereocenters. The maximum absolute atomic E-state index is 13.1. The molecule has 2 nitrogen and oxygen atoms in total. The first-order valence-corrected chi connectivity index (χ1v) is 3.83. The van der Waals surface area contributed by atoms with Crippen molar-refractivity contribution < 1.29 is 4.39 Å². The Morgan fingerprint density at radius 1 is 1.54 bits per heavy atom. The lowest BCUT2D eigenvalue weighted by molar-refractivity contribution is 0.626. The normalized spacial score (nSPS) is 10.2. The Hall–Kier alpha value is -1.82. The zero-order valence-electron chi connectivity index (χ0n) is 7.00. The molecule has 0 atom stereocenters. The molecule has 1 rings (SSSR count). The van der Waals surface area contributed by atoms with Crippen molar-refractivity contribution in [3.05, 3.63) is 35.7 Å². The van der Waals surface area contributed by atoms with Crippen LogP contribution >= 0.6 is 0 Å². The van der Waals surface area contributed by atoms with Gasteiger partial charge >= 0.3 is 0 Å². The Morgan fingerprint density at radius 2 is 2.31 bits per heavy atom. The van der Waals surface area contributed by atoms with E-state index in [-0.39, 0.29) is 12.2 Å². The Morgan fingerprint density at radius 3 is 2.92 bits per heavy atom. The number of rotatable bonds is 2. The van der Waals surface area contributed by atoms with Crippen LogP contribution in [0.2, 0.25) is 0 Å². The standard InChI is InChI=1S/C10H9FN2/c11-9-5-3-6-10(13)8(9)4-1-2-7-12/h1,3-6H,2,13H2. The molecule has 0 aliphatic rings. The molecule has 0 bridgehead atoms. The minimum absolute atomic E-state index is 0.258. The molecule has 1 aromatic rings. The number of benzene rings is 1. The average molecular weight is 176 g/mol. The first-order chi connectivity index (χ1) is 6.25. The topological polar surface area (TPSA) is 49.8 Å². The van der Waals surface area contributed by atoms with Crippen LogP contribution in [0.1, 0.15) is 12.0 Å². The predicted molar refractivity (Wildman–Crippen MR) is 50.1 cm³/mol. The predicted octanol–water partition coefficient (Wildman–Crippen LogP) is 2.33. The van der Waals surface area contributed by atoms with Crippen molar-refractivity contribution in [1.29, 1.82) is 5.26 Å². The van der Waals surface area contributed by atoms with E-state index in [2.05, 4.69) is 0 Å². The zero-order chi connectivity index (χ0) is 9.68. The average Bonchev–Trinajstić information content (AvgIpc) is 2.10. The van der Waals surface area contributed by atoms with Gasteiger partial charge in [-0.15, -0.1) is 0 Å². The highest BCUT2D eigenvalue weighted by Crippen LogP contribution is 2.17. The summed E-state index contributed by atoms with van der Waals surface area (Å²) < 4.78 is 13.1. The van der Waals surface area contributed by atoms with Gasteiger partial charge in [-0.2, -0.15) is 5.26 Å². The Kier molecular flexibility index (Phi) is 3.04. The van der Waals surface area contributed by atoms with Crippen LogP contribution in [-0.2, 0) is 0 Å². The molecule has 2 N–H and O–H groups in total. The van der Waals surface area contributed by atoms with Crippen molar-refractivity contribution in [2.24, 2.45) is 0 Å². The van der Waals surface area contributed by atoms with Crippen molar-refractivity contribution in [2.45, 2.75) is 6.42 Å². The molecule has 0 aliphatic carbocycles. The number of hydrogen-bond acceptors (Lipinski definition) is 2. The summed E-state index contributed by atoms with van der Waals surface area (Å²) in [5, 5.41) is 8.26. The molecule has 0 radical (unpaired) electrons. The van der Waals surface area contributed by atoms with E-state index in [4.69, 9.17) is 11.0 Å². The third kappa shape index (κ3) is 2.31. The van der Waals surface area contributed by atoms with Gasteiger partial charge in [0.05, 0.1) is 12.5 Å². The third-order valence-electron chi connectivity index (χ3n) is 1.58. The number of nitriles is 1. The second-order valence-corrected chi connectivity index (χ2v) is 2.51. The fourth-order valence-electron chi connectivity index (χ4n) is 0.959. The highest BCUT2D eigenvalue weighted by Gasteiger charge is 2.00. The fraction of sp³-hybridized carbons (Fsp3) is 0.100. The molecule has 0 amide bonds. The Balaban J connectivity index is 2.94. The molecule has 0 saturated heterocycles. The molecule has 0 aromatic heterocycles. The molecule has 0 saturated carbocycles. The minimum Gasteiger partial charge on any atom is -0.398 e. The first-order valence-electron chi connectivity index (χ1n) is 3.83. The van der Waals surface area contributed by atoms with Gasteiger partial charge in [0.15, 0.2) is 0 Å². The number of nitrogen functional groups attached to an aromatic ring is 1. The second-order valence-electron chi connectivity index (χ2n) is 2.51. The van der Waals surface area contributed by atoms with E-state index in [9.17, 15) is 4.39 Å². The molecule has 0 heterocycles. The van der Waals surface area contributed by atoms with Gasteiger partial charge in [-0.1, -0.05) is 18.2 Å². The number of nitrogens with two attached hydrogens (primary N) is 1. The van der Waals surface area contributed by atoms with E-state index >= 15 is 0 Å². The van der Waals surface area contributed by atoms with E-state index in [0.29, 0.717) is 11.3 Å². The highest BCUT2D eigenvalue weighted by molar-refractivity contribution is 5.64. The van der Waals surface area contributed by atoms with Gasteiger partial charge in [-0.3, -0.25) is 0 Å². The third-order valence-corrected chi connectivity index (χ3v) is 1.58. The van der Waals surface area contributed by atoms with Gasteiger partial charge in [-0.25, -0.2) is 4.39 Å². The van der Waals surface area contributed by atoms with Crippen LogP contribution in [-0.4, -0.2) is 0 Å². The monoisotopic (exact) mass is 176 g/mol. The summed E-state index contributed by atoms with van der Waals surface area (Å²) in [6, 6.07) is 6.43. The molecule has 0 spiro atoms. The number of halogens is 1. The number of hydrogen-bond donors (Lipinski definition) is 1. The van der Waals surface area contributed by atoms with E-state index in [1.165, 1.54) is 12.1 Å². The minimum atomic E-state index is -0.366. The SMILES string of the molecule is N#CCC=Cc1c(N)cccc1F. The lowest BCUT2D eigenvalue weighted by Gasteiger charge is -2.00. The van der Waals surface area contributed by atoms with Crippen LogP contribution in [0, 0.1) is 17.1 Å². The van der Waals surface area contributed by atoms with E-state index in [1.54, 1.807) is 18.2 Å². The van der Waals surface area contributed by atoms with Crippen LogP contribution in [0.5, 0.6) is 0 Å². The van der Waals surface area contributed by atoms with Gasteiger partial charge in [0.1, 0.15) is 5.82 Å². The molecule has 1 aromatic carbocycles. The highest BCUT2D eigenvalue weighted by atomic mass is 19.1. The van der Waals surface area contributed by atoms with Crippen molar-refractivity contribution in [2.75, 3.05) is 5.73 Å².